The Bertz CT molecular complexity index is 744. The molecule has 0 unspecified atom stereocenters. The summed E-state index contributed by atoms with van der Waals surface area (Å²) in [6.07, 6.45) is 1.98. The summed E-state index contributed by atoms with van der Waals surface area (Å²) in [6, 6.07) is 28.2. The van der Waals surface area contributed by atoms with Crippen LogP contribution in [0.4, 0.5) is 0 Å². The van der Waals surface area contributed by atoms with Crippen LogP contribution in [0.15, 0.2) is 84.9 Å². The Balaban J connectivity index is 1.37. The van der Waals surface area contributed by atoms with Crippen molar-refractivity contribution in [2.45, 2.75) is 19.4 Å². The van der Waals surface area contributed by atoms with E-state index in [9.17, 15) is 0 Å². The van der Waals surface area contributed by atoms with E-state index in [4.69, 9.17) is 9.57 Å². The van der Waals surface area contributed by atoms with Gasteiger partial charge in [0.2, 0.25) is 0 Å². The highest BCUT2D eigenvalue weighted by molar-refractivity contribution is 5.33. The Kier molecular flexibility index (Phi) is 6.62. The van der Waals surface area contributed by atoms with Crippen molar-refractivity contribution < 1.29 is 9.57 Å². The number of ether oxygens (including phenoxy) is 1. The van der Waals surface area contributed by atoms with Crippen LogP contribution in [0.25, 0.3) is 0 Å². The summed E-state index contributed by atoms with van der Waals surface area (Å²) < 4.78 is 5.87. The van der Waals surface area contributed by atoms with Crippen LogP contribution >= 0.6 is 0 Å². The van der Waals surface area contributed by atoms with Gasteiger partial charge in [-0.15, -0.1) is 0 Å². The Morgan fingerprint density at radius 1 is 0.680 bits per heavy atom. The van der Waals surface area contributed by atoms with Crippen LogP contribution in [0.1, 0.15) is 17.5 Å². The lowest BCUT2D eigenvalue weighted by molar-refractivity contribution is 0.0276. The highest BCUT2D eigenvalue weighted by Crippen LogP contribution is 2.22. The van der Waals surface area contributed by atoms with Crippen LogP contribution in [0, 0.1) is 0 Å². The maximum Gasteiger partial charge on any atom is 0.127 e. The summed E-state index contributed by atoms with van der Waals surface area (Å²) in [6.45, 7) is 1.40. The van der Waals surface area contributed by atoms with E-state index in [1.807, 2.05) is 60.7 Å². The molecule has 0 aliphatic carbocycles. The molecule has 3 aromatic rings. The smallest absolute Gasteiger partial charge is 0.127 e. The zero-order valence-corrected chi connectivity index (χ0v) is 14.2. The lowest BCUT2D eigenvalue weighted by Gasteiger charge is -2.08. The predicted octanol–water partition coefficient (Wildman–Crippen LogP) is 5.13. The number of aryl methyl sites for hydroxylation is 1. The molecule has 25 heavy (non-hydrogen) atoms. The minimum atomic E-state index is 0.585. The van der Waals surface area contributed by atoms with Gasteiger partial charge < -0.3 is 4.74 Å². The molecule has 0 amide bonds. The molecule has 3 rings (SSSR count). The summed E-state index contributed by atoms with van der Waals surface area (Å²) in [5.41, 5.74) is 5.46. The molecule has 0 fully saturated rings. The topological polar surface area (TPSA) is 30.5 Å². The lowest BCUT2D eigenvalue weighted by atomic mass is 10.1. The fourth-order valence-corrected chi connectivity index (χ4v) is 2.53. The number of hydrogen-bond acceptors (Lipinski definition) is 3. The fraction of sp³-hybridized carbons (Fsp3) is 0.182. The van der Waals surface area contributed by atoms with Crippen LogP contribution in [0.2, 0.25) is 0 Å². The molecule has 0 aliphatic heterocycles. The molecule has 0 spiro atoms. The van der Waals surface area contributed by atoms with Crippen molar-refractivity contribution >= 4 is 0 Å². The van der Waals surface area contributed by atoms with Gasteiger partial charge in [0.25, 0.3) is 0 Å². The summed E-state index contributed by atoms with van der Waals surface area (Å²) >= 11 is 0. The molecule has 0 saturated heterocycles. The highest BCUT2D eigenvalue weighted by atomic mass is 16.6. The average molecular weight is 333 g/mol. The third-order valence-corrected chi connectivity index (χ3v) is 3.81. The molecule has 0 bridgehead atoms. The monoisotopic (exact) mass is 333 g/mol. The fourth-order valence-electron chi connectivity index (χ4n) is 2.53. The first kappa shape index (κ1) is 17.2. The number of hydroxylamine groups is 1. The van der Waals surface area contributed by atoms with Crippen molar-refractivity contribution in [1.82, 2.24) is 5.48 Å². The van der Waals surface area contributed by atoms with Gasteiger partial charge in [-0.1, -0.05) is 60.7 Å². The first-order valence-corrected chi connectivity index (χ1v) is 8.60. The van der Waals surface area contributed by atoms with E-state index in [1.165, 1.54) is 11.1 Å². The van der Waals surface area contributed by atoms with Gasteiger partial charge in [0.1, 0.15) is 11.5 Å². The molecule has 1 N–H and O–H groups in total. The number of para-hydroxylation sites is 1. The van der Waals surface area contributed by atoms with E-state index in [0.29, 0.717) is 6.61 Å². The normalized spacial score (nSPS) is 10.6. The lowest BCUT2D eigenvalue weighted by Crippen LogP contribution is -2.16. The van der Waals surface area contributed by atoms with Crippen LogP contribution < -0.4 is 10.2 Å². The van der Waals surface area contributed by atoms with Crippen molar-refractivity contribution in [3.63, 3.8) is 0 Å². The van der Waals surface area contributed by atoms with E-state index < -0.39 is 0 Å². The molecule has 0 aliphatic rings. The van der Waals surface area contributed by atoms with Gasteiger partial charge in [0, 0.05) is 6.54 Å². The second-order valence-corrected chi connectivity index (χ2v) is 5.83. The average Bonchev–Trinajstić information content (AvgIpc) is 2.66. The van der Waals surface area contributed by atoms with Crippen LogP contribution in [-0.4, -0.2) is 6.54 Å². The van der Waals surface area contributed by atoms with Gasteiger partial charge in [-0.3, -0.25) is 4.84 Å². The minimum absolute atomic E-state index is 0.585. The van der Waals surface area contributed by atoms with Gasteiger partial charge in [-0.25, -0.2) is 5.48 Å². The van der Waals surface area contributed by atoms with Crippen LogP contribution in [-0.2, 0) is 17.9 Å². The van der Waals surface area contributed by atoms with Gasteiger partial charge in [-0.05, 0) is 48.2 Å². The molecule has 0 radical (unpaired) electrons. The molecule has 0 heterocycles. The van der Waals surface area contributed by atoms with Crippen molar-refractivity contribution in [3.05, 3.63) is 96.1 Å². The van der Waals surface area contributed by atoms with Crippen molar-refractivity contribution in [2.75, 3.05) is 6.54 Å². The number of benzene rings is 3. The Hall–Kier alpha value is -2.62. The maximum absolute atomic E-state index is 5.87. The molecule has 0 atom stereocenters. The molecule has 3 nitrogen and oxygen atoms in total. The Morgan fingerprint density at radius 2 is 1.36 bits per heavy atom. The molecule has 3 heteroatoms. The predicted molar refractivity (Wildman–Crippen MR) is 101 cm³/mol. The Labute approximate surface area is 149 Å². The largest absolute Gasteiger partial charge is 0.457 e. The third-order valence-electron chi connectivity index (χ3n) is 3.81. The van der Waals surface area contributed by atoms with Gasteiger partial charge in [0.05, 0.1) is 6.61 Å². The second kappa shape index (κ2) is 9.62. The number of hydrogen-bond donors (Lipinski definition) is 1. The third kappa shape index (κ3) is 6.07. The van der Waals surface area contributed by atoms with Crippen LogP contribution in [0.5, 0.6) is 11.5 Å². The quantitative estimate of drug-likeness (QED) is 0.435. The molecular formula is C22H23NO2. The van der Waals surface area contributed by atoms with Gasteiger partial charge in [-0.2, -0.15) is 0 Å². The van der Waals surface area contributed by atoms with Gasteiger partial charge in [0.15, 0.2) is 0 Å². The van der Waals surface area contributed by atoms with Gasteiger partial charge >= 0.3 is 0 Å². The summed E-state index contributed by atoms with van der Waals surface area (Å²) in [5.74, 6) is 1.73. The number of rotatable bonds is 9. The summed E-state index contributed by atoms with van der Waals surface area (Å²) in [5, 5.41) is 0. The van der Waals surface area contributed by atoms with E-state index in [2.05, 4.69) is 29.7 Å². The molecule has 0 saturated carbocycles. The first-order chi connectivity index (χ1) is 12.4. The van der Waals surface area contributed by atoms with Crippen molar-refractivity contribution in [1.29, 1.82) is 0 Å². The summed E-state index contributed by atoms with van der Waals surface area (Å²) in [4.78, 5) is 5.49. The maximum atomic E-state index is 5.87. The minimum Gasteiger partial charge on any atom is -0.457 e. The SMILES string of the molecule is c1ccc(CONCCCc2cccc(Oc3ccccc3)c2)cc1. The van der Waals surface area contributed by atoms with Crippen molar-refractivity contribution in [3.8, 4) is 11.5 Å². The molecule has 0 aromatic heterocycles. The van der Waals surface area contributed by atoms with Crippen molar-refractivity contribution in [2.24, 2.45) is 0 Å². The molecule has 128 valence electrons. The molecular weight excluding hydrogens is 310 g/mol. The Morgan fingerprint density at radius 3 is 2.16 bits per heavy atom. The van der Waals surface area contributed by atoms with E-state index in [1.54, 1.807) is 0 Å². The number of nitrogens with one attached hydrogen (secondary N) is 1. The second-order valence-electron chi connectivity index (χ2n) is 5.83. The molecule has 3 aromatic carbocycles. The van der Waals surface area contributed by atoms with Crippen LogP contribution in [0.3, 0.4) is 0 Å². The van der Waals surface area contributed by atoms with E-state index in [0.717, 1.165) is 30.9 Å². The summed E-state index contributed by atoms with van der Waals surface area (Å²) in [7, 11) is 0. The zero-order valence-electron chi connectivity index (χ0n) is 14.2. The highest BCUT2D eigenvalue weighted by Gasteiger charge is 1.99. The van der Waals surface area contributed by atoms with E-state index >= 15 is 0 Å². The van der Waals surface area contributed by atoms with E-state index in [-0.39, 0.29) is 0 Å². The first-order valence-electron chi connectivity index (χ1n) is 8.60. The standard InChI is InChI=1S/C22H23NO2/c1-3-9-20(10-4-1)18-24-23-16-8-12-19-11-7-15-22(17-19)25-21-13-5-2-6-14-21/h1-7,9-11,13-15,17,23H,8,12,16,18H2. The zero-order chi connectivity index (χ0) is 17.2.